The van der Waals surface area contributed by atoms with Gasteiger partial charge in [-0.1, -0.05) is 6.92 Å². The summed E-state index contributed by atoms with van der Waals surface area (Å²) in [4.78, 5) is 14.9. The normalized spacial score (nSPS) is 11.7. The molecule has 0 fully saturated rings. The summed E-state index contributed by atoms with van der Waals surface area (Å²) in [7, 11) is 6.30. The summed E-state index contributed by atoms with van der Waals surface area (Å²) in [5.41, 5.74) is 0. The van der Waals surface area contributed by atoms with Gasteiger partial charge in [-0.05, 0) is 39.0 Å². The second kappa shape index (κ2) is 7.68. The Hall–Kier alpha value is -1.24. The molecule has 1 N–H and O–H groups in total. The predicted octanol–water partition coefficient (Wildman–Crippen LogP) is 2.51. The molecule has 0 bridgehead atoms. The summed E-state index contributed by atoms with van der Waals surface area (Å²) in [6.45, 7) is 5.94. The van der Waals surface area contributed by atoms with Crippen LogP contribution in [0.1, 0.15) is 19.2 Å². The molecule has 2 aromatic rings. The molecular weight excluding hydrogens is 282 g/mol. The smallest absolute Gasteiger partial charge is 0.146 e. The molecule has 0 aliphatic heterocycles. The van der Waals surface area contributed by atoms with E-state index in [0.717, 1.165) is 54.5 Å². The molecule has 0 unspecified atom stereocenters. The van der Waals surface area contributed by atoms with Crippen molar-refractivity contribution in [2.75, 3.05) is 46.1 Å². The number of anilines is 1. The Morgan fingerprint density at radius 3 is 2.71 bits per heavy atom. The minimum absolute atomic E-state index is 0.780. The molecule has 0 spiro atoms. The molecule has 0 aliphatic rings. The minimum Gasteiger partial charge on any atom is -0.369 e. The fourth-order valence-electron chi connectivity index (χ4n) is 2.04. The van der Waals surface area contributed by atoms with Crippen molar-refractivity contribution in [2.45, 2.75) is 19.9 Å². The number of nitrogens with one attached hydrogen (secondary N) is 1. The maximum atomic E-state index is 4.71. The van der Waals surface area contributed by atoms with Crippen LogP contribution in [0.3, 0.4) is 0 Å². The van der Waals surface area contributed by atoms with Crippen molar-refractivity contribution in [1.82, 2.24) is 19.8 Å². The molecule has 116 valence electrons. The van der Waals surface area contributed by atoms with Crippen LogP contribution in [0.2, 0.25) is 0 Å². The van der Waals surface area contributed by atoms with Crippen molar-refractivity contribution in [3.63, 3.8) is 0 Å². The molecule has 0 radical (unpaired) electrons. The quantitative estimate of drug-likeness (QED) is 0.812. The Bertz CT molecular complexity index is 566. The van der Waals surface area contributed by atoms with Crippen LogP contribution < -0.4 is 5.32 Å². The summed E-state index contributed by atoms with van der Waals surface area (Å²) in [6.07, 6.45) is 1.09. The number of thiophene rings is 1. The number of hydrogen-bond donors (Lipinski definition) is 1. The van der Waals surface area contributed by atoms with E-state index in [1.165, 1.54) is 0 Å². The average molecular weight is 307 g/mol. The lowest BCUT2D eigenvalue weighted by Crippen LogP contribution is -2.29. The van der Waals surface area contributed by atoms with Crippen LogP contribution in [0.5, 0.6) is 0 Å². The number of likely N-dealkylation sites (N-methyl/N-ethyl adjacent to an activating group) is 2. The van der Waals surface area contributed by atoms with Gasteiger partial charge in [0.05, 0.1) is 11.9 Å². The van der Waals surface area contributed by atoms with Crippen LogP contribution in [-0.2, 0) is 6.54 Å². The molecule has 0 atom stereocenters. The first-order valence-electron chi connectivity index (χ1n) is 7.41. The Kier molecular flexibility index (Phi) is 5.90. The van der Waals surface area contributed by atoms with Crippen LogP contribution in [0.4, 0.5) is 5.82 Å². The maximum Gasteiger partial charge on any atom is 0.146 e. The standard InChI is InChI=1S/C15H25N5S/c1-5-7-16-14-12-6-10-21-15(12)18-13(17-14)11-20(4)9-8-19(2)3/h6,10H,5,7-9,11H2,1-4H3,(H,16,17,18). The zero-order valence-electron chi connectivity index (χ0n) is 13.4. The molecule has 2 aromatic heterocycles. The molecule has 2 heterocycles. The highest BCUT2D eigenvalue weighted by atomic mass is 32.1. The lowest BCUT2D eigenvalue weighted by molar-refractivity contribution is 0.271. The van der Waals surface area contributed by atoms with E-state index >= 15 is 0 Å². The molecule has 6 heteroatoms. The van der Waals surface area contributed by atoms with Crippen molar-refractivity contribution in [1.29, 1.82) is 0 Å². The number of rotatable bonds is 8. The highest BCUT2D eigenvalue weighted by Gasteiger charge is 2.10. The van der Waals surface area contributed by atoms with Gasteiger partial charge in [0.25, 0.3) is 0 Å². The lowest BCUT2D eigenvalue weighted by Gasteiger charge is -2.18. The van der Waals surface area contributed by atoms with Crippen LogP contribution in [-0.4, -0.2) is 60.5 Å². The second-order valence-corrected chi connectivity index (χ2v) is 6.49. The molecular formula is C15H25N5S. The van der Waals surface area contributed by atoms with Gasteiger partial charge in [-0.2, -0.15) is 0 Å². The Morgan fingerprint density at radius 2 is 2.00 bits per heavy atom. The van der Waals surface area contributed by atoms with Gasteiger partial charge in [0.1, 0.15) is 16.5 Å². The summed E-state index contributed by atoms with van der Waals surface area (Å²) < 4.78 is 0. The minimum atomic E-state index is 0.780. The van der Waals surface area contributed by atoms with Gasteiger partial charge in [-0.3, -0.25) is 4.90 Å². The Morgan fingerprint density at radius 1 is 1.19 bits per heavy atom. The Balaban J connectivity index is 2.12. The molecule has 0 aromatic carbocycles. The van der Waals surface area contributed by atoms with E-state index in [1.807, 2.05) is 0 Å². The third kappa shape index (κ3) is 4.62. The van der Waals surface area contributed by atoms with Crippen molar-refractivity contribution in [2.24, 2.45) is 0 Å². The molecule has 0 saturated carbocycles. The van der Waals surface area contributed by atoms with Gasteiger partial charge >= 0.3 is 0 Å². The first kappa shape index (κ1) is 16.1. The maximum absolute atomic E-state index is 4.71. The molecule has 0 saturated heterocycles. The summed E-state index contributed by atoms with van der Waals surface area (Å²) in [6, 6.07) is 2.09. The molecule has 0 amide bonds. The summed E-state index contributed by atoms with van der Waals surface area (Å²) >= 11 is 1.68. The van der Waals surface area contributed by atoms with E-state index in [0.29, 0.717) is 0 Å². The number of hydrogen-bond acceptors (Lipinski definition) is 6. The number of aromatic nitrogens is 2. The molecule has 2 rings (SSSR count). The van der Waals surface area contributed by atoms with E-state index in [1.54, 1.807) is 11.3 Å². The summed E-state index contributed by atoms with van der Waals surface area (Å²) in [5.74, 6) is 1.86. The topological polar surface area (TPSA) is 44.3 Å². The zero-order chi connectivity index (χ0) is 15.2. The van der Waals surface area contributed by atoms with Gasteiger partial charge < -0.3 is 10.2 Å². The second-order valence-electron chi connectivity index (χ2n) is 5.60. The van der Waals surface area contributed by atoms with E-state index in [9.17, 15) is 0 Å². The zero-order valence-corrected chi connectivity index (χ0v) is 14.2. The van der Waals surface area contributed by atoms with Gasteiger partial charge in [0.15, 0.2) is 0 Å². The Labute approximate surface area is 131 Å². The number of nitrogens with zero attached hydrogens (tertiary/aromatic N) is 4. The van der Waals surface area contributed by atoms with Crippen molar-refractivity contribution >= 4 is 27.4 Å². The van der Waals surface area contributed by atoms with Crippen LogP contribution in [0.25, 0.3) is 10.2 Å². The third-order valence-corrected chi connectivity index (χ3v) is 4.06. The lowest BCUT2D eigenvalue weighted by atomic mass is 10.3. The van der Waals surface area contributed by atoms with Crippen LogP contribution in [0, 0.1) is 0 Å². The van der Waals surface area contributed by atoms with E-state index in [4.69, 9.17) is 4.98 Å². The number of fused-ring (bicyclic) bond motifs is 1. The highest BCUT2D eigenvalue weighted by molar-refractivity contribution is 7.16. The molecule has 21 heavy (non-hydrogen) atoms. The van der Waals surface area contributed by atoms with Crippen LogP contribution >= 0.6 is 11.3 Å². The SMILES string of the molecule is CCCNc1nc(CN(C)CCN(C)C)nc2sccc12. The van der Waals surface area contributed by atoms with Crippen molar-refractivity contribution < 1.29 is 0 Å². The first-order valence-corrected chi connectivity index (χ1v) is 8.29. The monoisotopic (exact) mass is 307 g/mol. The van der Waals surface area contributed by atoms with Gasteiger partial charge in [-0.15, -0.1) is 11.3 Å². The first-order chi connectivity index (χ1) is 10.1. The van der Waals surface area contributed by atoms with Crippen molar-refractivity contribution in [3.05, 3.63) is 17.3 Å². The van der Waals surface area contributed by atoms with E-state index < -0.39 is 0 Å². The van der Waals surface area contributed by atoms with E-state index in [-0.39, 0.29) is 0 Å². The van der Waals surface area contributed by atoms with Gasteiger partial charge in [0.2, 0.25) is 0 Å². The predicted molar refractivity (Wildman–Crippen MR) is 91.1 cm³/mol. The largest absolute Gasteiger partial charge is 0.369 e. The fraction of sp³-hybridized carbons (Fsp3) is 0.600. The van der Waals surface area contributed by atoms with Gasteiger partial charge in [-0.25, -0.2) is 9.97 Å². The van der Waals surface area contributed by atoms with Gasteiger partial charge in [0, 0.05) is 19.6 Å². The fourth-order valence-corrected chi connectivity index (χ4v) is 2.82. The highest BCUT2D eigenvalue weighted by Crippen LogP contribution is 2.25. The van der Waals surface area contributed by atoms with Crippen LogP contribution in [0.15, 0.2) is 11.4 Å². The third-order valence-electron chi connectivity index (χ3n) is 3.25. The molecule has 0 aliphatic carbocycles. The average Bonchev–Trinajstić information content (AvgIpc) is 2.91. The van der Waals surface area contributed by atoms with E-state index in [2.05, 4.69) is 59.6 Å². The van der Waals surface area contributed by atoms with Crippen molar-refractivity contribution in [3.8, 4) is 0 Å². The summed E-state index contributed by atoms with van der Waals surface area (Å²) in [5, 5.41) is 6.63. The molecule has 5 nitrogen and oxygen atoms in total.